The van der Waals surface area contributed by atoms with Gasteiger partial charge in [0.15, 0.2) is 11.2 Å². The minimum atomic E-state index is -4.90. The molecule has 1 aliphatic rings. The predicted octanol–water partition coefficient (Wildman–Crippen LogP) is 2.11. The average molecular weight is 252 g/mol. The fraction of sp³-hybridized carbons (Fsp3) is 0.600. The van der Waals surface area contributed by atoms with E-state index < -0.39 is 34.7 Å². The number of ether oxygens (including phenoxy) is 1. The standard InChI is InChI=1S/C10H11F3O4/c1-5(17-10(11,12)13)4-9(7(15)16)6(14)8(9,2)3/h4H,1-3H3,(H,15,16). The summed E-state index contributed by atoms with van der Waals surface area (Å²) in [7, 11) is 0. The van der Waals surface area contributed by atoms with Crippen LogP contribution in [-0.2, 0) is 14.3 Å². The van der Waals surface area contributed by atoms with Gasteiger partial charge in [0.2, 0.25) is 0 Å². The van der Waals surface area contributed by atoms with Gasteiger partial charge in [-0.25, -0.2) is 0 Å². The van der Waals surface area contributed by atoms with Crippen LogP contribution in [0.15, 0.2) is 11.8 Å². The summed E-state index contributed by atoms with van der Waals surface area (Å²) in [6.45, 7) is 3.68. The number of carboxylic acid groups (broad SMARTS) is 1. The minimum absolute atomic E-state index is 0.636. The van der Waals surface area contributed by atoms with Crippen LogP contribution in [0.1, 0.15) is 20.8 Å². The molecule has 1 atom stereocenters. The number of carbonyl (C=O) groups excluding carboxylic acids is 1. The molecule has 1 fully saturated rings. The molecule has 0 amide bonds. The predicted molar refractivity (Wildman–Crippen MR) is 49.8 cm³/mol. The number of Topliss-reactive ketones (excluding diaryl/α,β-unsaturated/α-hetero) is 1. The fourth-order valence-electron chi connectivity index (χ4n) is 1.83. The average Bonchev–Trinajstić information content (AvgIpc) is 2.47. The van der Waals surface area contributed by atoms with Gasteiger partial charge in [0.1, 0.15) is 5.76 Å². The second-order valence-electron chi connectivity index (χ2n) is 4.37. The van der Waals surface area contributed by atoms with Gasteiger partial charge in [0.05, 0.1) is 5.41 Å². The lowest BCUT2D eigenvalue weighted by Gasteiger charge is -2.12. The molecule has 0 aromatic carbocycles. The van der Waals surface area contributed by atoms with Crippen LogP contribution < -0.4 is 0 Å². The summed E-state index contributed by atoms with van der Waals surface area (Å²) in [5.41, 5.74) is -3.13. The van der Waals surface area contributed by atoms with E-state index in [2.05, 4.69) is 4.74 Å². The van der Waals surface area contributed by atoms with Gasteiger partial charge in [-0.15, -0.1) is 13.2 Å². The Morgan fingerprint density at radius 2 is 1.82 bits per heavy atom. The van der Waals surface area contributed by atoms with E-state index in [-0.39, 0.29) is 0 Å². The third-order valence-electron chi connectivity index (χ3n) is 2.88. The molecule has 17 heavy (non-hydrogen) atoms. The lowest BCUT2D eigenvalue weighted by Crippen LogP contribution is -2.21. The van der Waals surface area contributed by atoms with Crippen LogP contribution in [-0.4, -0.2) is 23.2 Å². The van der Waals surface area contributed by atoms with Crippen LogP contribution in [0.5, 0.6) is 0 Å². The third kappa shape index (κ3) is 2.01. The molecule has 0 aromatic rings. The van der Waals surface area contributed by atoms with Crippen molar-refractivity contribution in [3.05, 3.63) is 11.8 Å². The highest BCUT2D eigenvalue weighted by molar-refractivity contribution is 6.23. The molecule has 1 aliphatic carbocycles. The lowest BCUT2D eigenvalue weighted by atomic mass is 9.95. The number of aliphatic carboxylic acids is 1. The molecule has 1 saturated carbocycles. The van der Waals surface area contributed by atoms with Crippen LogP contribution >= 0.6 is 0 Å². The number of halogens is 3. The molecule has 4 nitrogen and oxygen atoms in total. The molecule has 7 heteroatoms. The Morgan fingerprint density at radius 1 is 1.41 bits per heavy atom. The van der Waals surface area contributed by atoms with E-state index in [1.807, 2.05) is 0 Å². The van der Waals surface area contributed by atoms with E-state index >= 15 is 0 Å². The Hall–Kier alpha value is -1.53. The molecule has 1 unspecified atom stereocenters. The molecule has 0 radical (unpaired) electrons. The van der Waals surface area contributed by atoms with Crippen molar-refractivity contribution in [3.63, 3.8) is 0 Å². The van der Waals surface area contributed by atoms with Crippen molar-refractivity contribution < 1.29 is 32.6 Å². The van der Waals surface area contributed by atoms with Crippen molar-refractivity contribution in [1.82, 2.24) is 0 Å². The largest absolute Gasteiger partial charge is 0.572 e. The second kappa shape index (κ2) is 3.48. The summed E-state index contributed by atoms with van der Waals surface area (Å²) < 4.78 is 39.2. The maximum absolute atomic E-state index is 11.9. The first-order valence-corrected chi connectivity index (χ1v) is 4.68. The number of allylic oxidation sites excluding steroid dienone is 1. The summed E-state index contributed by atoms with van der Waals surface area (Å²) in [6, 6.07) is 0. The van der Waals surface area contributed by atoms with Gasteiger partial charge in [-0.2, -0.15) is 0 Å². The molecular formula is C10H11F3O4. The van der Waals surface area contributed by atoms with Crippen LogP contribution in [0.3, 0.4) is 0 Å². The van der Waals surface area contributed by atoms with Gasteiger partial charge >= 0.3 is 12.3 Å². The Kier molecular flexibility index (Phi) is 2.77. The zero-order valence-corrected chi connectivity index (χ0v) is 9.38. The maximum Gasteiger partial charge on any atom is 0.572 e. The highest BCUT2D eigenvalue weighted by Crippen LogP contribution is 2.60. The second-order valence-corrected chi connectivity index (χ2v) is 4.37. The van der Waals surface area contributed by atoms with Crippen molar-refractivity contribution in [3.8, 4) is 0 Å². The first-order valence-electron chi connectivity index (χ1n) is 4.68. The Balaban J connectivity index is 3.04. The molecule has 0 heterocycles. The van der Waals surface area contributed by atoms with E-state index in [0.29, 0.717) is 6.08 Å². The van der Waals surface area contributed by atoms with Gasteiger partial charge in [0, 0.05) is 0 Å². The van der Waals surface area contributed by atoms with Gasteiger partial charge in [-0.3, -0.25) is 9.59 Å². The number of carboxylic acids is 1. The van der Waals surface area contributed by atoms with E-state index in [9.17, 15) is 22.8 Å². The summed E-state index contributed by atoms with van der Waals surface area (Å²) in [4.78, 5) is 22.5. The van der Waals surface area contributed by atoms with E-state index in [1.165, 1.54) is 13.8 Å². The van der Waals surface area contributed by atoms with Crippen molar-refractivity contribution in [1.29, 1.82) is 0 Å². The molecule has 0 saturated heterocycles. The van der Waals surface area contributed by atoms with Crippen molar-refractivity contribution in [2.45, 2.75) is 27.1 Å². The third-order valence-corrected chi connectivity index (χ3v) is 2.88. The Morgan fingerprint density at radius 3 is 2.06 bits per heavy atom. The number of hydrogen-bond acceptors (Lipinski definition) is 3. The van der Waals surface area contributed by atoms with E-state index in [0.717, 1.165) is 6.92 Å². The number of ketones is 1. The van der Waals surface area contributed by atoms with Crippen LogP contribution in [0.25, 0.3) is 0 Å². The molecule has 1 N–H and O–H groups in total. The molecule has 0 bridgehead atoms. The maximum atomic E-state index is 11.9. The molecular weight excluding hydrogens is 241 g/mol. The highest BCUT2D eigenvalue weighted by atomic mass is 19.4. The first-order chi connectivity index (χ1) is 7.45. The Labute approximate surface area is 95.1 Å². The number of rotatable bonds is 3. The first kappa shape index (κ1) is 13.5. The van der Waals surface area contributed by atoms with E-state index in [4.69, 9.17) is 5.11 Å². The van der Waals surface area contributed by atoms with Crippen molar-refractivity contribution in [2.24, 2.45) is 10.8 Å². The Bertz CT molecular complexity index is 408. The number of alkyl halides is 3. The highest BCUT2D eigenvalue weighted by Gasteiger charge is 2.76. The van der Waals surface area contributed by atoms with Crippen LogP contribution in [0, 0.1) is 10.8 Å². The van der Waals surface area contributed by atoms with Gasteiger partial charge in [-0.05, 0) is 13.0 Å². The number of carbonyl (C=O) groups is 2. The fourth-order valence-corrected chi connectivity index (χ4v) is 1.83. The number of hydrogen-bond donors (Lipinski definition) is 1. The molecule has 0 spiro atoms. The van der Waals surface area contributed by atoms with Crippen molar-refractivity contribution >= 4 is 11.8 Å². The SMILES string of the molecule is CC(=CC1(C(=O)O)C(=O)C1(C)C)OC(F)(F)F. The quantitative estimate of drug-likeness (QED) is 0.617. The zero-order valence-electron chi connectivity index (χ0n) is 9.38. The molecule has 96 valence electrons. The molecule has 0 aromatic heterocycles. The summed E-state index contributed by atoms with van der Waals surface area (Å²) in [5, 5.41) is 8.95. The van der Waals surface area contributed by atoms with Gasteiger partial charge in [-0.1, -0.05) is 13.8 Å². The zero-order chi connectivity index (χ0) is 13.6. The smallest absolute Gasteiger partial charge is 0.480 e. The lowest BCUT2D eigenvalue weighted by molar-refractivity contribution is -0.305. The molecule has 0 aliphatic heterocycles. The van der Waals surface area contributed by atoms with Gasteiger partial charge < -0.3 is 9.84 Å². The van der Waals surface area contributed by atoms with Crippen LogP contribution in [0.4, 0.5) is 13.2 Å². The van der Waals surface area contributed by atoms with Crippen LogP contribution in [0.2, 0.25) is 0 Å². The van der Waals surface area contributed by atoms with Crippen molar-refractivity contribution in [2.75, 3.05) is 0 Å². The minimum Gasteiger partial charge on any atom is -0.480 e. The van der Waals surface area contributed by atoms with E-state index in [1.54, 1.807) is 0 Å². The molecule has 1 rings (SSSR count). The summed E-state index contributed by atoms with van der Waals surface area (Å²) in [5.74, 6) is -2.76. The monoisotopic (exact) mass is 252 g/mol. The summed E-state index contributed by atoms with van der Waals surface area (Å²) >= 11 is 0. The normalized spacial score (nSPS) is 27.9. The van der Waals surface area contributed by atoms with Gasteiger partial charge in [0.25, 0.3) is 0 Å². The summed E-state index contributed by atoms with van der Waals surface area (Å²) in [6.07, 6.45) is -4.19. The topological polar surface area (TPSA) is 63.6 Å².